The first-order chi connectivity index (χ1) is 6.24. The second-order valence-electron chi connectivity index (χ2n) is 3.57. The molecule has 0 saturated heterocycles. The molecular formula is C12H18S. The molecule has 0 nitrogen and oxygen atoms in total. The highest BCUT2D eigenvalue weighted by atomic mass is 32.2. The SMILES string of the molecule is CCCSc1ccc(C(C)C)cc1. The summed E-state index contributed by atoms with van der Waals surface area (Å²) in [4.78, 5) is 1.39. The van der Waals surface area contributed by atoms with Gasteiger partial charge in [-0.05, 0) is 35.8 Å². The Bertz CT molecular complexity index is 236. The van der Waals surface area contributed by atoms with E-state index in [0.717, 1.165) is 0 Å². The molecule has 13 heavy (non-hydrogen) atoms. The smallest absolute Gasteiger partial charge is 0.00721 e. The van der Waals surface area contributed by atoms with E-state index in [1.807, 2.05) is 11.8 Å². The monoisotopic (exact) mass is 194 g/mol. The molecule has 0 unspecified atom stereocenters. The summed E-state index contributed by atoms with van der Waals surface area (Å²) >= 11 is 1.94. The Hall–Kier alpha value is -0.430. The highest BCUT2D eigenvalue weighted by Crippen LogP contribution is 2.21. The molecule has 0 aliphatic rings. The Morgan fingerprint density at radius 2 is 1.77 bits per heavy atom. The molecule has 1 aromatic carbocycles. The summed E-state index contributed by atoms with van der Waals surface area (Å²) < 4.78 is 0. The maximum absolute atomic E-state index is 2.24. The summed E-state index contributed by atoms with van der Waals surface area (Å²) in [6, 6.07) is 8.94. The molecule has 0 bridgehead atoms. The molecule has 0 radical (unpaired) electrons. The van der Waals surface area contributed by atoms with E-state index < -0.39 is 0 Å². The van der Waals surface area contributed by atoms with Gasteiger partial charge < -0.3 is 0 Å². The van der Waals surface area contributed by atoms with Gasteiger partial charge in [0.2, 0.25) is 0 Å². The fraction of sp³-hybridized carbons (Fsp3) is 0.500. The largest absolute Gasteiger partial charge is 0.126 e. The van der Waals surface area contributed by atoms with Gasteiger partial charge in [-0.1, -0.05) is 32.9 Å². The van der Waals surface area contributed by atoms with Crippen LogP contribution in [-0.2, 0) is 0 Å². The third-order valence-electron chi connectivity index (χ3n) is 2.02. The summed E-state index contributed by atoms with van der Waals surface area (Å²) in [6.45, 7) is 6.68. The lowest BCUT2D eigenvalue weighted by Crippen LogP contribution is -1.86. The van der Waals surface area contributed by atoms with Crippen LogP contribution in [0.1, 0.15) is 38.7 Å². The van der Waals surface area contributed by atoms with Gasteiger partial charge in [0.1, 0.15) is 0 Å². The fourth-order valence-corrected chi connectivity index (χ4v) is 1.94. The van der Waals surface area contributed by atoms with E-state index in [-0.39, 0.29) is 0 Å². The van der Waals surface area contributed by atoms with Crippen LogP contribution in [0.15, 0.2) is 29.2 Å². The molecule has 0 fully saturated rings. The second-order valence-corrected chi connectivity index (χ2v) is 4.74. The first-order valence-electron chi connectivity index (χ1n) is 4.96. The van der Waals surface area contributed by atoms with Gasteiger partial charge in [0, 0.05) is 4.90 Å². The zero-order valence-electron chi connectivity index (χ0n) is 8.71. The predicted octanol–water partition coefficient (Wildman–Crippen LogP) is 4.31. The minimum atomic E-state index is 0.644. The Morgan fingerprint density at radius 1 is 1.15 bits per heavy atom. The van der Waals surface area contributed by atoms with Gasteiger partial charge in [0.15, 0.2) is 0 Å². The molecule has 1 aromatic rings. The molecule has 0 atom stereocenters. The molecule has 1 heteroatoms. The first-order valence-corrected chi connectivity index (χ1v) is 5.95. The zero-order chi connectivity index (χ0) is 9.68. The van der Waals surface area contributed by atoms with Gasteiger partial charge in [0.05, 0.1) is 0 Å². The van der Waals surface area contributed by atoms with Crippen molar-refractivity contribution in [3.63, 3.8) is 0 Å². The summed E-state index contributed by atoms with van der Waals surface area (Å²) in [5, 5.41) is 0. The molecule has 0 heterocycles. The minimum absolute atomic E-state index is 0.644. The molecule has 1 rings (SSSR count). The van der Waals surface area contributed by atoms with Crippen molar-refractivity contribution in [2.24, 2.45) is 0 Å². The average molecular weight is 194 g/mol. The van der Waals surface area contributed by atoms with Crippen LogP contribution in [0.2, 0.25) is 0 Å². The van der Waals surface area contributed by atoms with E-state index in [9.17, 15) is 0 Å². The molecule has 0 amide bonds. The van der Waals surface area contributed by atoms with Gasteiger partial charge >= 0.3 is 0 Å². The first kappa shape index (κ1) is 10.6. The quantitative estimate of drug-likeness (QED) is 0.643. The van der Waals surface area contributed by atoms with E-state index in [0.29, 0.717) is 5.92 Å². The zero-order valence-corrected chi connectivity index (χ0v) is 9.53. The fourth-order valence-electron chi connectivity index (χ4n) is 1.17. The number of rotatable bonds is 4. The van der Waals surface area contributed by atoms with Crippen molar-refractivity contribution in [3.8, 4) is 0 Å². The minimum Gasteiger partial charge on any atom is -0.126 e. The molecular weight excluding hydrogens is 176 g/mol. The van der Waals surface area contributed by atoms with Gasteiger partial charge in [-0.25, -0.2) is 0 Å². The number of benzene rings is 1. The van der Waals surface area contributed by atoms with Crippen LogP contribution in [0.4, 0.5) is 0 Å². The Kier molecular flexibility index (Phi) is 4.37. The van der Waals surface area contributed by atoms with Crippen LogP contribution in [0.5, 0.6) is 0 Å². The van der Waals surface area contributed by atoms with Crippen LogP contribution in [-0.4, -0.2) is 5.75 Å². The highest BCUT2D eigenvalue weighted by Gasteiger charge is 1.98. The van der Waals surface area contributed by atoms with Gasteiger partial charge in [-0.15, -0.1) is 11.8 Å². The van der Waals surface area contributed by atoms with E-state index in [2.05, 4.69) is 45.0 Å². The highest BCUT2D eigenvalue weighted by molar-refractivity contribution is 7.99. The lowest BCUT2D eigenvalue weighted by atomic mass is 10.0. The molecule has 72 valence electrons. The van der Waals surface area contributed by atoms with Crippen molar-refractivity contribution in [1.82, 2.24) is 0 Å². The molecule has 0 spiro atoms. The van der Waals surface area contributed by atoms with E-state index in [1.165, 1.54) is 22.6 Å². The maximum atomic E-state index is 2.24. The van der Waals surface area contributed by atoms with E-state index >= 15 is 0 Å². The summed E-state index contributed by atoms with van der Waals surface area (Å²) in [6.07, 6.45) is 1.25. The average Bonchev–Trinajstić information content (AvgIpc) is 2.15. The van der Waals surface area contributed by atoms with Crippen LogP contribution in [0.3, 0.4) is 0 Å². The lowest BCUT2D eigenvalue weighted by Gasteiger charge is -2.05. The van der Waals surface area contributed by atoms with Gasteiger partial charge in [-0.3, -0.25) is 0 Å². The van der Waals surface area contributed by atoms with Crippen molar-refractivity contribution >= 4 is 11.8 Å². The standard InChI is InChI=1S/C12H18S/c1-4-9-13-12-7-5-11(6-8-12)10(2)3/h5-8,10H,4,9H2,1-3H3. The van der Waals surface area contributed by atoms with Gasteiger partial charge in [0.25, 0.3) is 0 Å². The van der Waals surface area contributed by atoms with E-state index in [1.54, 1.807) is 0 Å². The summed E-state index contributed by atoms with van der Waals surface area (Å²) in [5.41, 5.74) is 1.43. The molecule has 0 N–H and O–H groups in total. The Morgan fingerprint density at radius 3 is 2.23 bits per heavy atom. The number of thioether (sulfide) groups is 1. The topological polar surface area (TPSA) is 0 Å². The third kappa shape index (κ3) is 3.43. The normalized spacial score (nSPS) is 10.8. The van der Waals surface area contributed by atoms with Crippen LogP contribution in [0.25, 0.3) is 0 Å². The van der Waals surface area contributed by atoms with Crippen LogP contribution < -0.4 is 0 Å². The number of hydrogen-bond donors (Lipinski definition) is 0. The second kappa shape index (κ2) is 5.33. The number of hydrogen-bond acceptors (Lipinski definition) is 1. The van der Waals surface area contributed by atoms with Crippen molar-refractivity contribution in [1.29, 1.82) is 0 Å². The third-order valence-corrected chi connectivity index (χ3v) is 3.24. The molecule has 0 aliphatic carbocycles. The van der Waals surface area contributed by atoms with Crippen molar-refractivity contribution in [3.05, 3.63) is 29.8 Å². The van der Waals surface area contributed by atoms with Crippen LogP contribution in [0, 0.1) is 0 Å². The van der Waals surface area contributed by atoms with Crippen LogP contribution >= 0.6 is 11.8 Å². The maximum Gasteiger partial charge on any atom is 0.00721 e. The summed E-state index contributed by atoms with van der Waals surface area (Å²) in [5.74, 6) is 1.87. The Labute approximate surface area is 85.7 Å². The molecule has 0 aliphatic heterocycles. The Balaban J connectivity index is 2.59. The van der Waals surface area contributed by atoms with Gasteiger partial charge in [-0.2, -0.15) is 0 Å². The summed E-state index contributed by atoms with van der Waals surface area (Å²) in [7, 11) is 0. The van der Waals surface area contributed by atoms with Crippen molar-refractivity contribution in [2.75, 3.05) is 5.75 Å². The predicted molar refractivity (Wildman–Crippen MR) is 61.5 cm³/mol. The van der Waals surface area contributed by atoms with Crippen molar-refractivity contribution < 1.29 is 0 Å². The van der Waals surface area contributed by atoms with E-state index in [4.69, 9.17) is 0 Å². The van der Waals surface area contributed by atoms with Crippen molar-refractivity contribution in [2.45, 2.75) is 38.0 Å². The molecule has 0 saturated carbocycles. The lowest BCUT2D eigenvalue weighted by molar-refractivity contribution is 0.865. The molecule has 0 aromatic heterocycles.